The molecular formula is C14H17N3O3S. The molecule has 1 atom stereocenters. The Morgan fingerprint density at radius 3 is 2.95 bits per heavy atom. The molecule has 0 aliphatic carbocycles. The Morgan fingerprint density at radius 2 is 2.33 bits per heavy atom. The van der Waals surface area contributed by atoms with Gasteiger partial charge in [-0.15, -0.1) is 11.3 Å². The van der Waals surface area contributed by atoms with Crippen LogP contribution in [0.2, 0.25) is 0 Å². The summed E-state index contributed by atoms with van der Waals surface area (Å²) in [5, 5.41) is 17.2. The molecule has 0 fully saturated rings. The third-order valence-corrected chi connectivity index (χ3v) is 3.80. The molecule has 1 aromatic heterocycles. The van der Waals surface area contributed by atoms with Crippen molar-refractivity contribution >= 4 is 22.7 Å². The molecule has 0 bridgehead atoms. The minimum atomic E-state index is -0.415. The minimum Gasteiger partial charge on any atom is -0.487 e. The SMILES string of the molecule is CCCOc1cccc(NC(C)c2nccs2)c1[N+](=O)[O-]. The van der Waals surface area contributed by atoms with E-state index in [1.54, 1.807) is 24.4 Å². The molecule has 0 spiro atoms. The topological polar surface area (TPSA) is 77.3 Å². The van der Waals surface area contributed by atoms with Crippen LogP contribution in [-0.4, -0.2) is 16.5 Å². The molecule has 112 valence electrons. The number of nitrogens with one attached hydrogen (secondary N) is 1. The van der Waals surface area contributed by atoms with Crippen molar-refractivity contribution in [2.24, 2.45) is 0 Å². The Hall–Kier alpha value is -2.15. The quantitative estimate of drug-likeness (QED) is 0.617. The van der Waals surface area contributed by atoms with Gasteiger partial charge >= 0.3 is 5.69 Å². The summed E-state index contributed by atoms with van der Waals surface area (Å²) in [4.78, 5) is 15.1. The van der Waals surface area contributed by atoms with Crippen molar-refractivity contribution in [2.45, 2.75) is 26.3 Å². The van der Waals surface area contributed by atoms with Crippen molar-refractivity contribution in [3.05, 3.63) is 44.9 Å². The lowest BCUT2D eigenvalue weighted by molar-refractivity contribution is -0.385. The molecule has 1 aromatic carbocycles. The molecule has 21 heavy (non-hydrogen) atoms. The highest BCUT2D eigenvalue weighted by Crippen LogP contribution is 2.36. The van der Waals surface area contributed by atoms with Gasteiger partial charge < -0.3 is 10.1 Å². The van der Waals surface area contributed by atoms with Crippen LogP contribution in [0.5, 0.6) is 5.75 Å². The minimum absolute atomic E-state index is 0.0330. The smallest absolute Gasteiger partial charge is 0.333 e. The van der Waals surface area contributed by atoms with E-state index in [4.69, 9.17) is 4.74 Å². The van der Waals surface area contributed by atoms with Crippen LogP contribution < -0.4 is 10.1 Å². The lowest BCUT2D eigenvalue weighted by atomic mass is 10.2. The fourth-order valence-corrected chi connectivity index (χ4v) is 2.54. The summed E-state index contributed by atoms with van der Waals surface area (Å²) in [6.07, 6.45) is 2.51. The molecule has 0 aliphatic rings. The normalized spacial score (nSPS) is 11.9. The van der Waals surface area contributed by atoms with E-state index in [1.165, 1.54) is 11.3 Å². The number of hydrogen-bond acceptors (Lipinski definition) is 6. The molecule has 1 N–H and O–H groups in total. The third kappa shape index (κ3) is 3.69. The standard InChI is InChI=1S/C14H17N3O3S/c1-3-8-20-12-6-4-5-11(13(12)17(18)19)16-10(2)14-15-7-9-21-14/h4-7,9-10,16H,3,8H2,1-2H3. The van der Waals surface area contributed by atoms with Gasteiger partial charge in [-0.2, -0.15) is 0 Å². The molecule has 0 radical (unpaired) electrons. The average molecular weight is 307 g/mol. The van der Waals surface area contributed by atoms with Gasteiger partial charge in [0.1, 0.15) is 10.7 Å². The van der Waals surface area contributed by atoms with E-state index in [9.17, 15) is 10.1 Å². The highest BCUT2D eigenvalue weighted by atomic mass is 32.1. The van der Waals surface area contributed by atoms with Gasteiger partial charge in [-0.25, -0.2) is 4.98 Å². The van der Waals surface area contributed by atoms with Crippen molar-refractivity contribution in [1.82, 2.24) is 4.98 Å². The summed E-state index contributed by atoms with van der Waals surface area (Å²) in [5.74, 6) is 0.290. The van der Waals surface area contributed by atoms with Gasteiger partial charge in [0.25, 0.3) is 0 Å². The monoisotopic (exact) mass is 307 g/mol. The average Bonchev–Trinajstić information content (AvgIpc) is 2.99. The van der Waals surface area contributed by atoms with Crippen molar-refractivity contribution in [3.8, 4) is 5.75 Å². The van der Waals surface area contributed by atoms with Gasteiger partial charge in [-0.1, -0.05) is 13.0 Å². The summed E-state index contributed by atoms with van der Waals surface area (Å²) in [6.45, 7) is 4.33. The Kier molecular flexibility index (Phi) is 5.10. The lowest BCUT2D eigenvalue weighted by Crippen LogP contribution is -2.09. The lowest BCUT2D eigenvalue weighted by Gasteiger charge is -2.14. The zero-order valence-electron chi connectivity index (χ0n) is 11.9. The zero-order chi connectivity index (χ0) is 15.2. The van der Waals surface area contributed by atoms with Crippen molar-refractivity contribution < 1.29 is 9.66 Å². The van der Waals surface area contributed by atoms with Crippen molar-refractivity contribution in [2.75, 3.05) is 11.9 Å². The van der Waals surface area contributed by atoms with Crippen molar-refractivity contribution in [3.63, 3.8) is 0 Å². The fraction of sp³-hybridized carbons (Fsp3) is 0.357. The first-order chi connectivity index (χ1) is 10.1. The molecule has 1 heterocycles. The number of para-hydroxylation sites is 1. The van der Waals surface area contributed by atoms with Crippen LogP contribution >= 0.6 is 11.3 Å². The van der Waals surface area contributed by atoms with Gasteiger partial charge in [0.05, 0.1) is 17.6 Å². The van der Waals surface area contributed by atoms with Crippen molar-refractivity contribution in [1.29, 1.82) is 0 Å². The molecule has 1 unspecified atom stereocenters. The zero-order valence-corrected chi connectivity index (χ0v) is 12.7. The second-order valence-electron chi connectivity index (χ2n) is 4.49. The number of ether oxygens (including phenoxy) is 1. The predicted molar refractivity (Wildman–Crippen MR) is 83.0 cm³/mol. The van der Waals surface area contributed by atoms with Crippen LogP contribution in [0.3, 0.4) is 0 Å². The van der Waals surface area contributed by atoms with E-state index in [2.05, 4.69) is 10.3 Å². The van der Waals surface area contributed by atoms with Gasteiger partial charge in [0.15, 0.2) is 5.75 Å². The third-order valence-electron chi connectivity index (χ3n) is 2.84. The van der Waals surface area contributed by atoms with E-state index >= 15 is 0 Å². The number of nitro groups is 1. The Morgan fingerprint density at radius 1 is 1.52 bits per heavy atom. The Bertz CT molecular complexity index is 602. The number of thiazole rings is 1. The highest BCUT2D eigenvalue weighted by Gasteiger charge is 2.22. The summed E-state index contributed by atoms with van der Waals surface area (Å²) >= 11 is 1.51. The number of nitrogens with zero attached hydrogens (tertiary/aromatic N) is 2. The van der Waals surface area contributed by atoms with E-state index in [0.717, 1.165) is 11.4 Å². The maximum atomic E-state index is 11.3. The number of benzene rings is 1. The fourth-order valence-electron chi connectivity index (χ4n) is 1.90. The largest absolute Gasteiger partial charge is 0.487 e. The van der Waals surface area contributed by atoms with Gasteiger partial charge in [0, 0.05) is 11.6 Å². The number of nitro benzene ring substituents is 1. The molecule has 7 heteroatoms. The first-order valence-corrected chi connectivity index (χ1v) is 7.57. The number of hydrogen-bond donors (Lipinski definition) is 1. The summed E-state index contributed by atoms with van der Waals surface area (Å²) in [5.41, 5.74) is 0.408. The van der Waals surface area contributed by atoms with E-state index in [-0.39, 0.29) is 17.5 Å². The van der Waals surface area contributed by atoms with Gasteiger partial charge in [0.2, 0.25) is 0 Å². The number of aromatic nitrogens is 1. The Balaban J connectivity index is 2.27. The summed E-state index contributed by atoms with van der Waals surface area (Å²) in [6, 6.07) is 4.94. The van der Waals surface area contributed by atoms with Crippen LogP contribution in [0.25, 0.3) is 0 Å². The van der Waals surface area contributed by atoms with Crippen LogP contribution in [-0.2, 0) is 0 Å². The van der Waals surface area contributed by atoms with Crippen LogP contribution in [0.15, 0.2) is 29.8 Å². The molecule has 6 nitrogen and oxygen atoms in total. The van der Waals surface area contributed by atoms with E-state index < -0.39 is 4.92 Å². The number of rotatable bonds is 7. The Labute approximate surface area is 126 Å². The molecule has 0 saturated heterocycles. The van der Waals surface area contributed by atoms with Gasteiger partial charge in [-0.3, -0.25) is 10.1 Å². The molecule has 2 rings (SSSR count). The molecule has 0 aliphatic heterocycles. The number of anilines is 1. The first kappa shape index (κ1) is 15.2. The van der Waals surface area contributed by atoms with Crippen LogP contribution in [0.4, 0.5) is 11.4 Å². The maximum Gasteiger partial charge on any atom is 0.333 e. The second kappa shape index (κ2) is 7.03. The van der Waals surface area contributed by atoms with Gasteiger partial charge in [-0.05, 0) is 25.5 Å². The second-order valence-corrected chi connectivity index (χ2v) is 5.42. The molecule has 0 amide bonds. The summed E-state index contributed by atoms with van der Waals surface area (Å²) in [7, 11) is 0. The van der Waals surface area contributed by atoms with Crippen LogP contribution in [0, 0.1) is 10.1 Å². The van der Waals surface area contributed by atoms with E-state index in [0.29, 0.717) is 12.3 Å². The van der Waals surface area contributed by atoms with Crippen LogP contribution in [0.1, 0.15) is 31.3 Å². The highest BCUT2D eigenvalue weighted by molar-refractivity contribution is 7.09. The molecule has 2 aromatic rings. The predicted octanol–water partition coefficient (Wildman–Crippen LogP) is 4.01. The summed E-state index contributed by atoms with van der Waals surface area (Å²) < 4.78 is 5.47. The molecule has 0 saturated carbocycles. The molecular weight excluding hydrogens is 290 g/mol. The maximum absolute atomic E-state index is 11.3. The van der Waals surface area contributed by atoms with E-state index in [1.807, 2.05) is 19.2 Å². The first-order valence-electron chi connectivity index (χ1n) is 6.69.